The first kappa shape index (κ1) is 24.6. The number of nitrogens with one attached hydrogen (secondary N) is 2. The van der Waals surface area contributed by atoms with Crippen molar-refractivity contribution in [2.45, 2.75) is 64.1 Å². The third-order valence-electron chi connectivity index (χ3n) is 8.67. The molecule has 11 nitrogen and oxygen atoms in total. The minimum absolute atomic E-state index is 0.0509. The molecule has 194 valence electrons. The van der Waals surface area contributed by atoms with E-state index in [1.165, 1.54) is 4.90 Å². The van der Waals surface area contributed by atoms with Crippen molar-refractivity contribution in [1.29, 1.82) is 0 Å². The zero-order valence-corrected chi connectivity index (χ0v) is 21.3. The molecule has 0 saturated carbocycles. The van der Waals surface area contributed by atoms with E-state index in [-0.39, 0.29) is 36.9 Å². The van der Waals surface area contributed by atoms with E-state index in [4.69, 9.17) is 4.74 Å². The van der Waals surface area contributed by atoms with Gasteiger partial charge in [0.25, 0.3) is 0 Å². The number of aliphatic hydroxyl groups excluding tert-OH is 1. The highest BCUT2D eigenvalue weighted by molar-refractivity contribution is 5.99. The van der Waals surface area contributed by atoms with Crippen LogP contribution in [0, 0.1) is 23.7 Å². The van der Waals surface area contributed by atoms with Gasteiger partial charge < -0.3 is 25.4 Å². The molecule has 3 aliphatic rings. The summed E-state index contributed by atoms with van der Waals surface area (Å²) in [4.78, 5) is 42.5. The fourth-order valence-corrected chi connectivity index (χ4v) is 6.79. The average Bonchev–Trinajstić information content (AvgIpc) is 3.51. The van der Waals surface area contributed by atoms with Crippen molar-refractivity contribution < 1.29 is 24.2 Å². The molecule has 1 aromatic heterocycles. The van der Waals surface area contributed by atoms with Crippen LogP contribution in [0.15, 0.2) is 24.3 Å². The first-order valence-electron chi connectivity index (χ1n) is 12.5. The number of aromatic nitrogens is 3. The monoisotopic (exact) mass is 498 g/mol. The van der Waals surface area contributed by atoms with Crippen LogP contribution in [0.25, 0.3) is 11.0 Å². The van der Waals surface area contributed by atoms with Gasteiger partial charge in [-0.25, -0.2) is 4.68 Å². The minimum atomic E-state index is -1.17. The molecule has 3 unspecified atom stereocenters. The Kier molecular flexibility index (Phi) is 5.83. The molecule has 0 radical (unpaired) electrons. The smallest absolute Gasteiger partial charge is 0.247 e. The Morgan fingerprint density at radius 3 is 2.67 bits per heavy atom. The number of para-hydroxylation sites is 1. The second-order valence-corrected chi connectivity index (χ2v) is 10.8. The van der Waals surface area contributed by atoms with E-state index in [2.05, 4.69) is 20.9 Å². The van der Waals surface area contributed by atoms with Gasteiger partial charge in [-0.2, -0.15) is 0 Å². The van der Waals surface area contributed by atoms with Crippen molar-refractivity contribution in [3.63, 3.8) is 0 Å². The molecular formula is C25H34N6O5. The minimum Gasteiger partial charge on any atom is -0.394 e. The van der Waals surface area contributed by atoms with Crippen molar-refractivity contribution in [2.24, 2.45) is 23.7 Å². The molecule has 3 amide bonds. The molecule has 36 heavy (non-hydrogen) atoms. The number of nitrogens with zero attached hydrogens (tertiary/aromatic N) is 4. The highest BCUT2D eigenvalue weighted by atomic mass is 16.5. The molecule has 4 heterocycles. The van der Waals surface area contributed by atoms with Gasteiger partial charge in [-0.1, -0.05) is 38.1 Å². The largest absolute Gasteiger partial charge is 0.394 e. The van der Waals surface area contributed by atoms with Gasteiger partial charge in [0.1, 0.15) is 23.8 Å². The number of hydrogen-bond donors (Lipinski definition) is 3. The number of likely N-dealkylation sites (tertiary alicyclic amines) is 1. The van der Waals surface area contributed by atoms with E-state index >= 15 is 0 Å². The van der Waals surface area contributed by atoms with Crippen molar-refractivity contribution >= 4 is 28.8 Å². The molecule has 3 saturated heterocycles. The standard InChI is InChI=1S/C25H34N6O5/c1-13(2)17(11-32)31-20(22(34)27-12-30-16-9-7-6-8-15(16)28-29-30)25-10-14(3)24(4,36-25)18(21(33)26-5)19(25)23(31)35/h6-9,13-14,17-20,32H,10-12H2,1-5H3,(H,26,33)(H,27,34)/t14?,17-,18-,19-,20?,24+,25?/m0/s1. The summed E-state index contributed by atoms with van der Waals surface area (Å²) >= 11 is 0. The van der Waals surface area contributed by atoms with E-state index < -0.39 is 41.0 Å². The summed E-state index contributed by atoms with van der Waals surface area (Å²) in [5.74, 6) is -2.71. The molecule has 3 aliphatic heterocycles. The van der Waals surface area contributed by atoms with E-state index in [0.29, 0.717) is 11.9 Å². The van der Waals surface area contributed by atoms with Crippen LogP contribution in [0.3, 0.4) is 0 Å². The lowest BCUT2D eigenvalue weighted by atomic mass is 9.62. The van der Waals surface area contributed by atoms with E-state index in [1.54, 1.807) is 11.7 Å². The third kappa shape index (κ3) is 3.21. The molecule has 1 aromatic carbocycles. The summed E-state index contributed by atoms with van der Waals surface area (Å²) in [6.45, 7) is 7.40. The maximum Gasteiger partial charge on any atom is 0.247 e. The lowest BCUT2D eigenvalue weighted by Gasteiger charge is -2.38. The Balaban J connectivity index is 1.54. The SMILES string of the molecule is CNC(=O)[C@@H]1[C@H]2C(=O)N([C@@H](CO)C(C)C)C(C(=O)NCn3nnc4ccccc43)C23CC(C)[C@@]1(C)O3. The third-order valence-corrected chi connectivity index (χ3v) is 8.67. The summed E-state index contributed by atoms with van der Waals surface area (Å²) in [7, 11) is 1.55. The van der Waals surface area contributed by atoms with Crippen LogP contribution in [0.2, 0.25) is 0 Å². The number of rotatable bonds is 7. The fourth-order valence-electron chi connectivity index (χ4n) is 6.79. The number of carbonyl (C=O) groups is 3. The van der Waals surface area contributed by atoms with Crippen LogP contribution in [0.1, 0.15) is 34.1 Å². The lowest BCUT2D eigenvalue weighted by molar-refractivity contribution is -0.152. The predicted octanol–water partition coefficient (Wildman–Crippen LogP) is 0.279. The second kappa shape index (κ2) is 8.52. The number of hydrogen-bond acceptors (Lipinski definition) is 7. The first-order chi connectivity index (χ1) is 17.1. The molecule has 3 fully saturated rings. The van der Waals surface area contributed by atoms with Gasteiger partial charge in [-0.3, -0.25) is 14.4 Å². The van der Waals surface area contributed by atoms with Crippen LogP contribution in [-0.2, 0) is 25.8 Å². The van der Waals surface area contributed by atoms with Crippen molar-refractivity contribution in [1.82, 2.24) is 30.5 Å². The fraction of sp³-hybridized carbons (Fsp3) is 0.640. The summed E-state index contributed by atoms with van der Waals surface area (Å²) < 4.78 is 8.22. The van der Waals surface area contributed by atoms with Gasteiger partial charge in [0.15, 0.2) is 0 Å². The average molecular weight is 499 g/mol. The topological polar surface area (TPSA) is 139 Å². The van der Waals surface area contributed by atoms with Gasteiger partial charge in [-0.15, -0.1) is 5.10 Å². The Bertz CT molecular complexity index is 1210. The molecule has 7 atom stereocenters. The molecule has 11 heteroatoms. The Hall–Kier alpha value is -3.05. The van der Waals surface area contributed by atoms with Gasteiger partial charge in [0.05, 0.1) is 35.6 Å². The summed E-state index contributed by atoms with van der Waals surface area (Å²) in [6.07, 6.45) is 0.463. The second-order valence-electron chi connectivity index (χ2n) is 10.8. The summed E-state index contributed by atoms with van der Waals surface area (Å²) in [6, 6.07) is 5.83. The molecular weight excluding hydrogens is 464 g/mol. The number of benzene rings is 1. The van der Waals surface area contributed by atoms with Gasteiger partial charge >= 0.3 is 0 Å². The Morgan fingerprint density at radius 1 is 1.28 bits per heavy atom. The maximum atomic E-state index is 14.0. The highest BCUT2D eigenvalue weighted by Crippen LogP contribution is 2.65. The number of fused-ring (bicyclic) bond motifs is 2. The number of ether oxygens (including phenoxy) is 1. The number of carbonyl (C=O) groups excluding carboxylic acids is 3. The molecule has 0 aliphatic carbocycles. The lowest BCUT2D eigenvalue weighted by Crippen LogP contribution is -2.59. The molecule has 1 spiro atoms. The Morgan fingerprint density at radius 2 is 2.00 bits per heavy atom. The summed E-state index contributed by atoms with van der Waals surface area (Å²) in [5, 5.41) is 24.1. The zero-order chi connectivity index (χ0) is 26.0. The molecule has 3 N–H and O–H groups in total. The highest BCUT2D eigenvalue weighted by Gasteiger charge is 2.80. The Labute approximate surface area is 209 Å². The van der Waals surface area contributed by atoms with Gasteiger partial charge in [0, 0.05) is 7.05 Å². The van der Waals surface area contributed by atoms with E-state index in [1.807, 2.05) is 52.0 Å². The van der Waals surface area contributed by atoms with Crippen LogP contribution in [0.5, 0.6) is 0 Å². The van der Waals surface area contributed by atoms with Crippen molar-refractivity contribution in [2.75, 3.05) is 13.7 Å². The molecule has 2 bridgehead atoms. The number of aliphatic hydroxyl groups is 1. The zero-order valence-electron chi connectivity index (χ0n) is 21.3. The van der Waals surface area contributed by atoms with Crippen LogP contribution in [0.4, 0.5) is 0 Å². The van der Waals surface area contributed by atoms with Gasteiger partial charge in [0.2, 0.25) is 17.7 Å². The quantitative estimate of drug-likeness (QED) is 0.498. The first-order valence-corrected chi connectivity index (χ1v) is 12.5. The summed E-state index contributed by atoms with van der Waals surface area (Å²) in [5.41, 5.74) is -0.572. The number of amides is 3. The van der Waals surface area contributed by atoms with Crippen LogP contribution >= 0.6 is 0 Å². The van der Waals surface area contributed by atoms with Crippen LogP contribution < -0.4 is 10.6 Å². The maximum absolute atomic E-state index is 14.0. The predicted molar refractivity (Wildman–Crippen MR) is 129 cm³/mol. The van der Waals surface area contributed by atoms with Crippen molar-refractivity contribution in [3.05, 3.63) is 24.3 Å². The normalized spacial score (nSPS) is 33.9. The van der Waals surface area contributed by atoms with Crippen LogP contribution in [-0.4, -0.2) is 79.7 Å². The van der Waals surface area contributed by atoms with E-state index in [9.17, 15) is 19.5 Å². The molecule has 5 rings (SSSR count). The van der Waals surface area contributed by atoms with Gasteiger partial charge in [-0.05, 0) is 37.3 Å². The van der Waals surface area contributed by atoms with Crippen molar-refractivity contribution in [3.8, 4) is 0 Å². The van der Waals surface area contributed by atoms with E-state index in [0.717, 1.165) is 5.52 Å². The molecule has 2 aromatic rings.